The number of aromatic nitrogens is 2. The van der Waals surface area contributed by atoms with Gasteiger partial charge in [0.1, 0.15) is 0 Å². The second kappa shape index (κ2) is 8.51. The van der Waals surface area contributed by atoms with Crippen LogP contribution in [0.5, 0.6) is 0 Å². The summed E-state index contributed by atoms with van der Waals surface area (Å²) in [5, 5.41) is 9.74. The van der Waals surface area contributed by atoms with Gasteiger partial charge in [0, 0.05) is 12.6 Å². The van der Waals surface area contributed by atoms with Crippen LogP contribution >= 0.6 is 0 Å². The molecule has 1 N–H and O–H groups in total. The van der Waals surface area contributed by atoms with Gasteiger partial charge in [-0.2, -0.15) is 5.10 Å². The van der Waals surface area contributed by atoms with Crippen LogP contribution < -0.4 is 5.32 Å². The van der Waals surface area contributed by atoms with Gasteiger partial charge in [-0.3, -0.25) is 9.48 Å². The van der Waals surface area contributed by atoms with Crippen molar-refractivity contribution in [3.05, 3.63) is 94.8 Å². The quantitative estimate of drug-likeness (QED) is 0.487. The molecule has 0 bridgehead atoms. The number of ether oxygens (including phenoxy) is 1. The summed E-state index contributed by atoms with van der Waals surface area (Å²) in [7, 11) is 1.87. The van der Waals surface area contributed by atoms with Gasteiger partial charge in [0.2, 0.25) is 0 Å². The minimum Gasteiger partial charge on any atom is -0.372 e. The Labute approximate surface area is 176 Å². The van der Waals surface area contributed by atoms with E-state index < -0.39 is 0 Å². The van der Waals surface area contributed by atoms with Crippen molar-refractivity contribution in [1.29, 1.82) is 0 Å². The standard InChI is InChI=1S/C25H25N3O2/c1-17-24(18(2)28(3)27-17)26-25(29)22-12-8-19(9-13-22)15-30-16-20-10-11-21-6-4-5-7-23(21)14-20/h4-14H,15-16H2,1-3H3,(H,26,29). The van der Waals surface area contributed by atoms with Gasteiger partial charge in [-0.05, 0) is 53.9 Å². The predicted molar refractivity (Wildman–Crippen MR) is 120 cm³/mol. The van der Waals surface area contributed by atoms with E-state index in [4.69, 9.17) is 4.74 Å². The molecule has 4 rings (SSSR count). The first kappa shape index (κ1) is 19.9. The van der Waals surface area contributed by atoms with Crippen LogP contribution in [0.15, 0.2) is 66.7 Å². The second-order valence-corrected chi connectivity index (χ2v) is 7.49. The molecule has 0 spiro atoms. The molecule has 30 heavy (non-hydrogen) atoms. The lowest BCUT2D eigenvalue weighted by atomic mass is 10.1. The minimum atomic E-state index is -0.141. The molecule has 0 fully saturated rings. The Morgan fingerprint density at radius 1 is 0.933 bits per heavy atom. The monoisotopic (exact) mass is 399 g/mol. The molecule has 1 amide bonds. The molecule has 0 saturated carbocycles. The first-order valence-corrected chi connectivity index (χ1v) is 9.97. The highest BCUT2D eigenvalue weighted by atomic mass is 16.5. The van der Waals surface area contributed by atoms with E-state index in [0.717, 1.165) is 28.2 Å². The summed E-state index contributed by atoms with van der Waals surface area (Å²) in [5.74, 6) is -0.141. The molecule has 1 aromatic heterocycles. The fourth-order valence-electron chi connectivity index (χ4n) is 3.51. The third-order valence-corrected chi connectivity index (χ3v) is 5.32. The lowest BCUT2D eigenvalue weighted by Gasteiger charge is -2.08. The number of nitrogens with one attached hydrogen (secondary N) is 1. The van der Waals surface area contributed by atoms with Crippen molar-refractivity contribution >= 4 is 22.4 Å². The number of hydrogen-bond acceptors (Lipinski definition) is 3. The van der Waals surface area contributed by atoms with Crippen LogP contribution in [0.25, 0.3) is 10.8 Å². The summed E-state index contributed by atoms with van der Waals surface area (Å²) in [4.78, 5) is 12.6. The van der Waals surface area contributed by atoms with E-state index in [0.29, 0.717) is 18.8 Å². The highest BCUT2D eigenvalue weighted by Crippen LogP contribution is 2.20. The van der Waals surface area contributed by atoms with Crippen molar-refractivity contribution < 1.29 is 9.53 Å². The molecule has 5 heteroatoms. The van der Waals surface area contributed by atoms with Crippen molar-refractivity contribution in [2.45, 2.75) is 27.1 Å². The zero-order chi connectivity index (χ0) is 21.1. The molecule has 4 aromatic rings. The van der Waals surface area contributed by atoms with Gasteiger partial charge in [0.25, 0.3) is 5.91 Å². The molecule has 1 heterocycles. The predicted octanol–water partition coefficient (Wildman–Crippen LogP) is 5.16. The van der Waals surface area contributed by atoms with Gasteiger partial charge < -0.3 is 10.1 Å². The highest BCUT2D eigenvalue weighted by Gasteiger charge is 2.13. The number of amides is 1. The number of rotatable bonds is 6. The maximum absolute atomic E-state index is 12.6. The Morgan fingerprint density at radius 3 is 2.30 bits per heavy atom. The molecule has 3 aromatic carbocycles. The van der Waals surface area contributed by atoms with Crippen molar-refractivity contribution in [2.24, 2.45) is 7.05 Å². The fourth-order valence-corrected chi connectivity index (χ4v) is 3.51. The van der Waals surface area contributed by atoms with E-state index in [1.807, 2.05) is 57.3 Å². The second-order valence-electron chi connectivity index (χ2n) is 7.49. The highest BCUT2D eigenvalue weighted by molar-refractivity contribution is 6.04. The lowest BCUT2D eigenvalue weighted by Crippen LogP contribution is -2.13. The average Bonchev–Trinajstić information content (AvgIpc) is 3.00. The molecule has 0 radical (unpaired) electrons. The topological polar surface area (TPSA) is 56.2 Å². The molecular weight excluding hydrogens is 374 g/mol. The van der Waals surface area contributed by atoms with Gasteiger partial charge in [0.15, 0.2) is 0 Å². The molecule has 0 unspecified atom stereocenters. The number of nitrogens with zero attached hydrogens (tertiary/aromatic N) is 2. The van der Waals surface area contributed by atoms with Crippen LogP contribution in [-0.2, 0) is 25.0 Å². The van der Waals surface area contributed by atoms with Crippen LogP contribution in [-0.4, -0.2) is 15.7 Å². The average molecular weight is 399 g/mol. The number of fused-ring (bicyclic) bond motifs is 1. The van der Waals surface area contributed by atoms with Gasteiger partial charge in [-0.25, -0.2) is 0 Å². The van der Waals surface area contributed by atoms with E-state index in [1.165, 1.54) is 10.8 Å². The van der Waals surface area contributed by atoms with Crippen LogP contribution in [0.2, 0.25) is 0 Å². The van der Waals surface area contributed by atoms with E-state index in [-0.39, 0.29) is 5.91 Å². The first-order valence-electron chi connectivity index (χ1n) is 9.97. The van der Waals surface area contributed by atoms with Crippen LogP contribution in [0.3, 0.4) is 0 Å². The van der Waals surface area contributed by atoms with Crippen LogP contribution in [0, 0.1) is 13.8 Å². The van der Waals surface area contributed by atoms with Crippen molar-refractivity contribution in [3.8, 4) is 0 Å². The zero-order valence-corrected chi connectivity index (χ0v) is 17.5. The Morgan fingerprint density at radius 2 is 1.60 bits per heavy atom. The number of carbonyl (C=O) groups excluding carboxylic acids is 1. The molecule has 5 nitrogen and oxygen atoms in total. The summed E-state index contributed by atoms with van der Waals surface area (Å²) in [6, 6.07) is 22.2. The van der Waals surface area contributed by atoms with E-state index in [9.17, 15) is 4.79 Å². The van der Waals surface area contributed by atoms with E-state index in [1.54, 1.807) is 4.68 Å². The summed E-state index contributed by atoms with van der Waals surface area (Å²) in [6.45, 7) is 4.87. The lowest BCUT2D eigenvalue weighted by molar-refractivity contribution is 0.102. The fraction of sp³-hybridized carbons (Fsp3) is 0.200. The molecule has 0 aliphatic heterocycles. The van der Waals surface area contributed by atoms with Gasteiger partial charge >= 0.3 is 0 Å². The largest absolute Gasteiger partial charge is 0.372 e. The summed E-state index contributed by atoms with van der Waals surface area (Å²) in [6.07, 6.45) is 0. The van der Waals surface area contributed by atoms with Crippen LogP contribution in [0.4, 0.5) is 5.69 Å². The molecule has 0 saturated heterocycles. The Kier molecular flexibility index (Phi) is 5.63. The summed E-state index contributed by atoms with van der Waals surface area (Å²) in [5.41, 5.74) is 5.29. The van der Waals surface area contributed by atoms with Gasteiger partial charge in [-0.1, -0.05) is 48.5 Å². The smallest absolute Gasteiger partial charge is 0.255 e. The third kappa shape index (κ3) is 4.26. The van der Waals surface area contributed by atoms with Gasteiger partial charge in [0.05, 0.1) is 30.3 Å². The number of benzene rings is 3. The zero-order valence-electron chi connectivity index (χ0n) is 17.5. The Hall–Kier alpha value is -3.44. The molecule has 152 valence electrons. The maximum atomic E-state index is 12.6. The van der Waals surface area contributed by atoms with Crippen molar-refractivity contribution in [3.63, 3.8) is 0 Å². The summed E-state index contributed by atoms with van der Waals surface area (Å²) >= 11 is 0. The van der Waals surface area contributed by atoms with Crippen molar-refractivity contribution in [1.82, 2.24) is 9.78 Å². The molecule has 0 aliphatic rings. The van der Waals surface area contributed by atoms with E-state index in [2.05, 4.69) is 40.7 Å². The Bertz CT molecular complexity index is 1190. The minimum absolute atomic E-state index is 0.141. The first-order chi connectivity index (χ1) is 14.5. The number of carbonyl (C=O) groups is 1. The SMILES string of the molecule is Cc1nn(C)c(C)c1NC(=O)c1ccc(COCc2ccc3ccccc3c2)cc1. The van der Waals surface area contributed by atoms with Crippen LogP contribution in [0.1, 0.15) is 32.9 Å². The van der Waals surface area contributed by atoms with Gasteiger partial charge in [-0.15, -0.1) is 0 Å². The van der Waals surface area contributed by atoms with E-state index >= 15 is 0 Å². The Balaban J connectivity index is 1.34. The summed E-state index contributed by atoms with van der Waals surface area (Å²) < 4.78 is 7.64. The number of aryl methyl sites for hydroxylation is 2. The maximum Gasteiger partial charge on any atom is 0.255 e. The number of hydrogen-bond donors (Lipinski definition) is 1. The third-order valence-electron chi connectivity index (χ3n) is 5.32. The normalized spacial score (nSPS) is 11.0. The number of anilines is 1. The van der Waals surface area contributed by atoms with Crippen molar-refractivity contribution in [2.75, 3.05) is 5.32 Å². The molecule has 0 atom stereocenters. The molecule has 0 aliphatic carbocycles. The molecular formula is C25H25N3O2.